The number of benzene rings is 2. The van der Waals surface area contributed by atoms with Gasteiger partial charge in [0.2, 0.25) is 0 Å². The van der Waals surface area contributed by atoms with E-state index in [4.69, 9.17) is 15.3 Å². The van der Waals surface area contributed by atoms with Gasteiger partial charge in [-0.05, 0) is 86.1 Å². The van der Waals surface area contributed by atoms with E-state index < -0.39 is 30.4 Å². The maximum atomic E-state index is 12.3. The van der Waals surface area contributed by atoms with Crippen molar-refractivity contribution in [2.75, 3.05) is 32.6 Å². The van der Waals surface area contributed by atoms with Gasteiger partial charge in [-0.25, -0.2) is 4.79 Å². The molecule has 6 rings (SSSR count). The first-order valence-corrected chi connectivity index (χ1v) is 17.9. The Balaban J connectivity index is 1.42. The Morgan fingerprint density at radius 3 is 2.49 bits per heavy atom. The first-order valence-electron chi connectivity index (χ1n) is 17.9. The number of urea groups is 1. The van der Waals surface area contributed by atoms with Gasteiger partial charge in [-0.3, -0.25) is 10.2 Å². The predicted octanol–water partition coefficient (Wildman–Crippen LogP) is 4.05. The molecule has 2 bridgehead atoms. The summed E-state index contributed by atoms with van der Waals surface area (Å²) in [4.78, 5) is 20.8. The third-order valence-electron chi connectivity index (χ3n) is 11.6. The van der Waals surface area contributed by atoms with Gasteiger partial charge in [-0.15, -0.1) is 0 Å². The van der Waals surface area contributed by atoms with Gasteiger partial charge in [0.25, 0.3) is 0 Å². The summed E-state index contributed by atoms with van der Waals surface area (Å²) in [7, 11) is 5.64. The van der Waals surface area contributed by atoms with Crippen LogP contribution in [0.5, 0.6) is 5.75 Å². The largest absolute Gasteiger partial charge is 0.496 e. The summed E-state index contributed by atoms with van der Waals surface area (Å²) < 4.78 is 6.09. The molecule has 11 heteroatoms. The number of hydroxylamine groups is 2. The van der Waals surface area contributed by atoms with Crippen LogP contribution in [0.15, 0.2) is 36.4 Å². The van der Waals surface area contributed by atoms with E-state index in [9.17, 15) is 15.0 Å². The molecule has 9 atom stereocenters. The molecule has 4 aliphatic rings. The van der Waals surface area contributed by atoms with Crippen molar-refractivity contribution in [3.05, 3.63) is 47.5 Å². The average Bonchev–Trinajstić information content (AvgIpc) is 3.42. The molecule has 1 saturated heterocycles. The molecule has 3 aliphatic carbocycles. The molecule has 1 aliphatic heterocycles. The van der Waals surface area contributed by atoms with Gasteiger partial charge < -0.3 is 36.2 Å². The number of aliphatic hydroxyl groups is 2. The maximum Gasteiger partial charge on any atom is 0.315 e. The van der Waals surface area contributed by atoms with E-state index in [0.29, 0.717) is 42.0 Å². The molecule has 0 radical (unpaired) electrons. The number of amides is 2. The summed E-state index contributed by atoms with van der Waals surface area (Å²) in [5.74, 6) is 1.99. The van der Waals surface area contributed by atoms with E-state index in [1.54, 1.807) is 19.1 Å². The van der Waals surface area contributed by atoms with Crippen molar-refractivity contribution in [3.8, 4) is 16.9 Å². The van der Waals surface area contributed by atoms with E-state index in [2.05, 4.69) is 54.9 Å². The highest BCUT2D eigenvalue weighted by Crippen LogP contribution is 2.61. The van der Waals surface area contributed by atoms with Gasteiger partial charge in [0, 0.05) is 62.0 Å². The Bertz CT molecular complexity index is 1450. The first-order chi connectivity index (χ1) is 23.2. The molecule has 11 nitrogen and oxygen atoms in total. The molecular weight excluding hydrogens is 620 g/mol. The Kier molecular flexibility index (Phi) is 11.5. The van der Waals surface area contributed by atoms with Gasteiger partial charge in [-0.1, -0.05) is 39.0 Å². The second kappa shape index (κ2) is 15.1. The molecule has 2 amide bonds. The summed E-state index contributed by atoms with van der Waals surface area (Å²) in [5, 5.41) is 34.1. The molecule has 49 heavy (non-hydrogen) atoms. The van der Waals surface area contributed by atoms with Gasteiger partial charge in [-0.2, -0.15) is 5.06 Å². The molecule has 2 aromatic rings. The Labute approximate surface area is 292 Å². The van der Waals surface area contributed by atoms with Crippen molar-refractivity contribution >= 4 is 11.7 Å². The third kappa shape index (κ3) is 7.72. The summed E-state index contributed by atoms with van der Waals surface area (Å²) in [6, 6.07) is 11.7. The Morgan fingerprint density at radius 2 is 1.90 bits per heavy atom. The number of anilines is 1. The van der Waals surface area contributed by atoms with Crippen LogP contribution in [0, 0.1) is 29.1 Å². The van der Waals surface area contributed by atoms with Crippen LogP contribution in [0.4, 0.5) is 10.5 Å². The number of aliphatic hydroxyl groups excluding tert-OH is 2. The number of nitrogens with zero attached hydrogens (tertiary/aromatic N) is 2. The smallest absolute Gasteiger partial charge is 0.315 e. The van der Waals surface area contributed by atoms with Crippen molar-refractivity contribution in [1.82, 2.24) is 21.0 Å². The van der Waals surface area contributed by atoms with Crippen LogP contribution in [0.25, 0.3) is 11.1 Å². The van der Waals surface area contributed by atoms with Crippen LogP contribution < -0.4 is 31.3 Å². The van der Waals surface area contributed by atoms with Gasteiger partial charge >= 0.3 is 6.03 Å². The number of methoxy groups -OCH3 is 1. The quantitative estimate of drug-likeness (QED) is 0.173. The van der Waals surface area contributed by atoms with Crippen molar-refractivity contribution in [3.63, 3.8) is 0 Å². The zero-order chi connectivity index (χ0) is 35.8. The average molecular weight is 681 g/mol. The second-order valence-corrected chi connectivity index (χ2v) is 15.7. The lowest BCUT2D eigenvalue weighted by atomic mass is 9.44. The number of nitrogens with two attached hydrogens (primary N) is 1. The monoisotopic (exact) mass is 680 g/mol. The topological polar surface area (TPSA) is 145 Å². The SMILES string of the molecule is COc1c(CN2O[C@@H](CN)C([C@H](C)O)[C@H]2C(O)N[C@H]2C[C@H]3C[C@@H]([C@@H]2C)C3(C)C)cccc1-c1cc(CNC(=O)NC(C)C)cc(N(C)C)c1. The first kappa shape index (κ1) is 37.3. The number of hydrogen-bond donors (Lipinski definition) is 6. The van der Waals surface area contributed by atoms with Crippen molar-refractivity contribution < 1.29 is 24.6 Å². The zero-order valence-corrected chi connectivity index (χ0v) is 30.9. The van der Waals surface area contributed by atoms with Crippen LogP contribution in [-0.4, -0.2) is 85.6 Å². The van der Waals surface area contributed by atoms with Crippen LogP contribution in [0.2, 0.25) is 0 Å². The Morgan fingerprint density at radius 1 is 1.16 bits per heavy atom. The lowest BCUT2D eigenvalue weighted by Gasteiger charge is -2.62. The number of para-hydroxylation sites is 1. The van der Waals surface area contributed by atoms with Crippen LogP contribution in [0.1, 0.15) is 65.5 Å². The molecule has 7 N–H and O–H groups in total. The molecule has 2 unspecified atom stereocenters. The molecule has 0 spiro atoms. The summed E-state index contributed by atoms with van der Waals surface area (Å²) in [5.41, 5.74) is 11.2. The molecule has 1 heterocycles. The number of fused-ring (bicyclic) bond motifs is 2. The van der Waals surface area contributed by atoms with E-state index in [-0.39, 0.29) is 24.7 Å². The van der Waals surface area contributed by atoms with E-state index >= 15 is 0 Å². The van der Waals surface area contributed by atoms with Crippen molar-refractivity contribution in [2.45, 2.75) is 104 Å². The molecule has 3 saturated carbocycles. The predicted molar refractivity (Wildman–Crippen MR) is 194 cm³/mol. The lowest BCUT2D eigenvalue weighted by Crippen LogP contribution is -2.63. The summed E-state index contributed by atoms with van der Waals surface area (Å²) >= 11 is 0. The van der Waals surface area contributed by atoms with E-state index in [0.717, 1.165) is 34.4 Å². The van der Waals surface area contributed by atoms with Gasteiger partial charge in [0.1, 0.15) is 12.0 Å². The number of rotatable bonds is 13. The fourth-order valence-corrected chi connectivity index (χ4v) is 8.75. The summed E-state index contributed by atoms with van der Waals surface area (Å²) in [6.45, 7) is 13.5. The van der Waals surface area contributed by atoms with Crippen molar-refractivity contribution in [1.29, 1.82) is 0 Å². The van der Waals surface area contributed by atoms with E-state index in [1.807, 2.05) is 51.0 Å². The maximum absolute atomic E-state index is 12.3. The summed E-state index contributed by atoms with van der Waals surface area (Å²) in [6.07, 6.45) is 0.153. The molecule has 0 aromatic heterocycles. The molecule has 2 aromatic carbocycles. The highest BCUT2D eigenvalue weighted by molar-refractivity contribution is 5.77. The van der Waals surface area contributed by atoms with Crippen molar-refractivity contribution in [2.24, 2.45) is 34.8 Å². The van der Waals surface area contributed by atoms with Gasteiger partial charge in [0.05, 0.1) is 31.9 Å². The van der Waals surface area contributed by atoms with Gasteiger partial charge in [0.15, 0.2) is 0 Å². The molecule has 272 valence electrons. The molecular formula is C38H60N6O5. The van der Waals surface area contributed by atoms with Crippen LogP contribution in [-0.2, 0) is 17.9 Å². The highest BCUT2D eigenvalue weighted by atomic mass is 16.7. The van der Waals surface area contributed by atoms with Crippen LogP contribution >= 0.6 is 0 Å². The minimum atomic E-state index is -0.932. The van der Waals surface area contributed by atoms with E-state index in [1.165, 1.54) is 6.42 Å². The number of ether oxygens (including phenoxy) is 1. The number of carbonyl (C=O) groups excluding carboxylic acids is 1. The fraction of sp³-hybridized carbons (Fsp3) is 0.658. The second-order valence-electron chi connectivity index (χ2n) is 15.7. The highest BCUT2D eigenvalue weighted by Gasteiger charge is 2.57. The zero-order valence-electron chi connectivity index (χ0n) is 30.9. The fourth-order valence-electron chi connectivity index (χ4n) is 8.75. The molecule has 4 fully saturated rings. The Hall–Kier alpha value is -2.93. The number of hydrogen-bond acceptors (Lipinski definition) is 9. The number of carbonyl (C=O) groups is 1. The van der Waals surface area contributed by atoms with Crippen LogP contribution in [0.3, 0.4) is 0 Å². The third-order valence-corrected chi connectivity index (χ3v) is 11.6. The lowest BCUT2D eigenvalue weighted by molar-refractivity contribution is -0.187. The standard InChI is InChI=1S/C38H60N6O5/c1-21(2)41-37(47)40-19-24-13-26(15-28(14-24)43(7)8)29-12-10-11-25(35(29)48-9)20-44-34(33(23(4)45)32(18-39)49-44)36(46)42-31-17-27-16-30(22(31)3)38(27,5)6/h10-15,21-23,27,30-34,36,42,45-46H,16-20,39H2,1-9H3,(H2,40,41,47)/t22-,23-,27+,30-,31-,32-,33?,34-,36?/m0/s1. The minimum absolute atomic E-state index is 0.0385. The number of nitrogens with one attached hydrogen (secondary N) is 3. The normalized spacial score (nSPS) is 28.9. The minimum Gasteiger partial charge on any atom is -0.496 e.